The average Bonchev–Trinajstić information content (AvgIpc) is 2.36. The summed E-state index contributed by atoms with van der Waals surface area (Å²) in [6.07, 6.45) is 6.63. The first-order valence-corrected chi connectivity index (χ1v) is 7.82. The number of nitrogens with one attached hydrogen (secondary N) is 1. The second kappa shape index (κ2) is 6.57. The van der Waals surface area contributed by atoms with E-state index < -0.39 is 0 Å². The number of ether oxygens (including phenoxy) is 1. The molecule has 1 saturated carbocycles. The van der Waals surface area contributed by atoms with Crippen molar-refractivity contribution >= 4 is 0 Å². The van der Waals surface area contributed by atoms with Crippen molar-refractivity contribution in [2.45, 2.75) is 78.0 Å². The first-order valence-electron chi connectivity index (χ1n) is 7.82. The van der Waals surface area contributed by atoms with Crippen molar-refractivity contribution in [3.05, 3.63) is 23.4 Å². The molecule has 1 aromatic rings. The fraction of sp³-hybridized carbons (Fsp3) is 0.706. The van der Waals surface area contributed by atoms with Crippen molar-refractivity contribution in [3.8, 4) is 5.88 Å². The van der Waals surface area contributed by atoms with Gasteiger partial charge in [0.25, 0.3) is 0 Å². The summed E-state index contributed by atoms with van der Waals surface area (Å²) in [5.41, 5.74) is 2.41. The molecular formula is C17H28N2O. The highest BCUT2D eigenvalue weighted by Gasteiger charge is 2.16. The predicted octanol–water partition coefficient (Wildman–Crippen LogP) is 3.99. The SMILES string of the molecule is Cc1cc(CNC(C)(C)C)cc(OC2CCCCC2)n1. The summed E-state index contributed by atoms with van der Waals surface area (Å²) in [6, 6.07) is 4.22. The molecule has 0 aliphatic heterocycles. The van der Waals surface area contributed by atoms with Crippen LogP contribution >= 0.6 is 0 Å². The number of hydrogen-bond donors (Lipinski definition) is 1. The van der Waals surface area contributed by atoms with Gasteiger partial charge < -0.3 is 10.1 Å². The van der Waals surface area contributed by atoms with Crippen LogP contribution in [0.25, 0.3) is 0 Å². The zero-order valence-electron chi connectivity index (χ0n) is 13.3. The Kier molecular flexibility index (Phi) is 5.03. The van der Waals surface area contributed by atoms with Crippen LogP contribution in [0.15, 0.2) is 12.1 Å². The maximum atomic E-state index is 6.07. The molecule has 0 spiro atoms. The molecule has 3 nitrogen and oxygen atoms in total. The molecule has 1 aliphatic rings. The van der Waals surface area contributed by atoms with Crippen molar-refractivity contribution in [2.75, 3.05) is 0 Å². The van der Waals surface area contributed by atoms with Crippen LogP contribution in [0.5, 0.6) is 5.88 Å². The molecule has 1 aliphatic carbocycles. The molecule has 0 unspecified atom stereocenters. The van der Waals surface area contributed by atoms with Crippen LogP contribution < -0.4 is 10.1 Å². The van der Waals surface area contributed by atoms with Gasteiger partial charge in [0.1, 0.15) is 6.10 Å². The molecule has 0 radical (unpaired) electrons. The van der Waals surface area contributed by atoms with E-state index in [0.717, 1.165) is 18.1 Å². The Morgan fingerprint density at radius 2 is 1.90 bits per heavy atom. The Bertz CT molecular complexity index is 431. The Hall–Kier alpha value is -1.09. The summed E-state index contributed by atoms with van der Waals surface area (Å²) < 4.78 is 6.07. The van der Waals surface area contributed by atoms with Crippen LogP contribution in [0.4, 0.5) is 0 Å². The molecule has 3 heteroatoms. The summed E-state index contributed by atoms with van der Waals surface area (Å²) in [5.74, 6) is 0.794. The lowest BCUT2D eigenvalue weighted by atomic mass is 9.98. The molecule has 1 fully saturated rings. The molecule has 2 rings (SSSR count). The maximum Gasteiger partial charge on any atom is 0.214 e. The smallest absolute Gasteiger partial charge is 0.214 e. The molecule has 20 heavy (non-hydrogen) atoms. The highest BCUT2D eigenvalue weighted by molar-refractivity contribution is 5.25. The summed E-state index contributed by atoms with van der Waals surface area (Å²) >= 11 is 0. The second-order valence-electron chi connectivity index (χ2n) is 6.94. The Labute approximate surface area is 123 Å². The lowest BCUT2D eigenvalue weighted by Gasteiger charge is -2.23. The normalized spacial score (nSPS) is 17.2. The molecule has 0 bridgehead atoms. The van der Waals surface area contributed by atoms with Crippen LogP contribution in [-0.2, 0) is 6.54 Å². The highest BCUT2D eigenvalue weighted by atomic mass is 16.5. The van der Waals surface area contributed by atoms with E-state index in [1.165, 1.54) is 37.7 Å². The quantitative estimate of drug-likeness (QED) is 0.903. The van der Waals surface area contributed by atoms with Crippen molar-refractivity contribution in [2.24, 2.45) is 0 Å². The third-order valence-corrected chi connectivity index (χ3v) is 3.65. The van der Waals surface area contributed by atoms with E-state index in [1.807, 2.05) is 6.92 Å². The Balaban J connectivity index is 2.00. The minimum atomic E-state index is 0.127. The minimum Gasteiger partial charge on any atom is -0.474 e. The standard InChI is InChI=1S/C17H28N2O/c1-13-10-14(12-18-17(2,3)4)11-16(19-13)20-15-8-6-5-7-9-15/h10-11,15,18H,5-9,12H2,1-4H3. The van der Waals surface area contributed by atoms with E-state index in [2.05, 4.69) is 43.2 Å². The Morgan fingerprint density at radius 3 is 2.55 bits per heavy atom. The van der Waals surface area contributed by atoms with Gasteiger partial charge in [-0.1, -0.05) is 6.42 Å². The highest BCUT2D eigenvalue weighted by Crippen LogP contribution is 2.23. The van der Waals surface area contributed by atoms with Gasteiger partial charge in [-0.05, 0) is 65.0 Å². The number of aryl methyl sites for hydroxylation is 1. The maximum absolute atomic E-state index is 6.07. The van der Waals surface area contributed by atoms with Crippen LogP contribution in [0.1, 0.15) is 64.1 Å². The average molecular weight is 276 g/mol. The molecule has 0 saturated heterocycles. The van der Waals surface area contributed by atoms with Gasteiger partial charge in [0, 0.05) is 23.8 Å². The van der Waals surface area contributed by atoms with E-state index in [9.17, 15) is 0 Å². The number of nitrogens with zero attached hydrogens (tertiary/aromatic N) is 1. The third kappa shape index (κ3) is 5.12. The van der Waals surface area contributed by atoms with Gasteiger partial charge in [0.15, 0.2) is 0 Å². The van der Waals surface area contributed by atoms with Crippen LogP contribution in [0.2, 0.25) is 0 Å². The van der Waals surface area contributed by atoms with Gasteiger partial charge in [-0.15, -0.1) is 0 Å². The molecular weight excluding hydrogens is 248 g/mol. The van der Waals surface area contributed by atoms with Crippen LogP contribution in [0, 0.1) is 6.92 Å². The second-order valence-corrected chi connectivity index (χ2v) is 6.94. The molecule has 112 valence electrons. The number of hydrogen-bond acceptors (Lipinski definition) is 3. The molecule has 1 heterocycles. The summed E-state index contributed by atoms with van der Waals surface area (Å²) in [7, 11) is 0. The van der Waals surface area contributed by atoms with Crippen molar-refractivity contribution in [3.63, 3.8) is 0 Å². The number of rotatable bonds is 4. The van der Waals surface area contributed by atoms with E-state index in [0.29, 0.717) is 6.10 Å². The summed E-state index contributed by atoms with van der Waals surface area (Å²) in [4.78, 5) is 4.52. The van der Waals surface area contributed by atoms with Gasteiger partial charge in [-0.25, -0.2) is 4.98 Å². The van der Waals surface area contributed by atoms with Crippen molar-refractivity contribution in [1.29, 1.82) is 0 Å². The fourth-order valence-electron chi connectivity index (χ4n) is 2.59. The topological polar surface area (TPSA) is 34.1 Å². The molecule has 0 atom stereocenters. The predicted molar refractivity (Wildman–Crippen MR) is 83.1 cm³/mol. The van der Waals surface area contributed by atoms with Gasteiger partial charge in [-0.2, -0.15) is 0 Å². The van der Waals surface area contributed by atoms with Crippen molar-refractivity contribution < 1.29 is 4.74 Å². The first kappa shape index (κ1) is 15.3. The van der Waals surface area contributed by atoms with E-state index in [1.54, 1.807) is 0 Å². The van der Waals surface area contributed by atoms with Gasteiger partial charge in [0.2, 0.25) is 5.88 Å². The van der Waals surface area contributed by atoms with Crippen molar-refractivity contribution in [1.82, 2.24) is 10.3 Å². The zero-order valence-corrected chi connectivity index (χ0v) is 13.3. The van der Waals surface area contributed by atoms with Crippen LogP contribution in [0.3, 0.4) is 0 Å². The zero-order chi connectivity index (χ0) is 14.6. The third-order valence-electron chi connectivity index (χ3n) is 3.65. The largest absolute Gasteiger partial charge is 0.474 e. The Morgan fingerprint density at radius 1 is 1.20 bits per heavy atom. The van der Waals surface area contributed by atoms with Gasteiger partial charge in [0.05, 0.1) is 0 Å². The molecule has 1 aromatic heterocycles. The first-order chi connectivity index (χ1) is 9.42. The van der Waals surface area contributed by atoms with E-state index in [4.69, 9.17) is 4.74 Å². The lowest BCUT2D eigenvalue weighted by molar-refractivity contribution is 0.148. The van der Waals surface area contributed by atoms with E-state index in [-0.39, 0.29) is 5.54 Å². The van der Waals surface area contributed by atoms with E-state index >= 15 is 0 Å². The number of pyridine rings is 1. The lowest BCUT2D eigenvalue weighted by Crippen LogP contribution is -2.35. The van der Waals surface area contributed by atoms with Gasteiger partial charge >= 0.3 is 0 Å². The van der Waals surface area contributed by atoms with Gasteiger partial charge in [-0.3, -0.25) is 0 Å². The molecule has 1 N–H and O–H groups in total. The fourth-order valence-corrected chi connectivity index (χ4v) is 2.59. The minimum absolute atomic E-state index is 0.127. The molecule has 0 aromatic carbocycles. The monoisotopic (exact) mass is 276 g/mol. The van der Waals surface area contributed by atoms with Crippen LogP contribution in [-0.4, -0.2) is 16.6 Å². The number of aromatic nitrogens is 1. The molecule has 0 amide bonds. The summed E-state index contributed by atoms with van der Waals surface area (Å²) in [6.45, 7) is 9.43. The summed E-state index contributed by atoms with van der Waals surface area (Å²) in [5, 5.41) is 3.51.